The number of hydrogen-bond donors (Lipinski definition) is 1. The van der Waals surface area contributed by atoms with Gasteiger partial charge in [0.05, 0.1) is 30.0 Å². The Kier molecular flexibility index (Phi) is 5.12. The van der Waals surface area contributed by atoms with E-state index in [0.717, 1.165) is 40.5 Å². The van der Waals surface area contributed by atoms with Crippen LogP contribution in [0.15, 0.2) is 52.9 Å². The van der Waals surface area contributed by atoms with Crippen molar-refractivity contribution in [2.75, 3.05) is 7.11 Å². The Morgan fingerprint density at radius 2 is 1.84 bits per heavy atom. The molecule has 2 aromatic rings. The van der Waals surface area contributed by atoms with Gasteiger partial charge in [0, 0.05) is 34.6 Å². The van der Waals surface area contributed by atoms with E-state index in [0.29, 0.717) is 17.6 Å². The minimum Gasteiger partial charge on any atom is -0.466 e. The number of allylic oxidation sites excluding steroid dienone is 3. The largest absolute Gasteiger partial charge is 0.466 e. The van der Waals surface area contributed by atoms with Crippen molar-refractivity contribution in [3.05, 3.63) is 69.8 Å². The molecule has 1 aliphatic carbocycles. The van der Waals surface area contributed by atoms with Crippen LogP contribution in [-0.2, 0) is 14.3 Å². The van der Waals surface area contributed by atoms with Crippen molar-refractivity contribution in [2.24, 2.45) is 5.41 Å². The van der Waals surface area contributed by atoms with E-state index < -0.39 is 11.9 Å². The van der Waals surface area contributed by atoms with E-state index in [1.54, 1.807) is 0 Å². The van der Waals surface area contributed by atoms with E-state index in [1.165, 1.54) is 7.11 Å². The SMILES string of the molecule is COC(=O)C1=C(C)NC2=C(C(=O)CC(C)(C)C2)C1c1c(C)nn(-c2ccccc2)c1C. The van der Waals surface area contributed by atoms with Gasteiger partial charge in [0.2, 0.25) is 0 Å². The molecule has 1 aromatic carbocycles. The van der Waals surface area contributed by atoms with Crippen LogP contribution in [0.25, 0.3) is 5.69 Å². The van der Waals surface area contributed by atoms with Crippen molar-refractivity contribution in [1.82, 2.24) is 15.1 Å². The second kappa shape index (κ2) is 7.52. The molecule has 6 heteroatoms. The molecule has 2 heterocycles. The first-order valence-corrected chi connectivity index (χ1v) is 10.6. The van der Waals surface area contributed by atoms with Gasteiger partial charge < -0.3 is 10.1 Å². The topological polar surface area (TPSA) is 73.2 Å². The molecule has 6 nitrogen and oxygen atoms in total. The van der Waals surface area contributed by atoms with E-state index in [4.69, 9.17) is 9.84 Å². The third kappa shape index (κ3) is 3.50. The Morgan fingerprint density at radius 3 is 2.48 bits per heavy atom. The summed E-state index contributed by atoms with van der Waals surface area (Å²) in [6, 6.07) is 9.88. The quantitative estimate of drug-likeness (QED) is 0.753. The highest BCUT2D eigenvalue weighted by Crippen LogP contribution is 2.48. The number of ketones is 1. The Labute approximate surface area is 183 Å². The monoisotopic (exact) mass is 419 g/mol. The molecule has 0 saturated carbocycles. The third-order valence-electron chi connectivity index (χ3n) is 6.28. The molecule has 31 heavy (non-hydrogen) atoms. The number of esters is 1. The molecule has 2 aliphatic rings. The van der Waals surface area contributed by atoms with Gasteiger partial charge in [0.25, 0.3) is 0 Å². The van der Waals surface area contributed by atoms with Crippen LogP contribution in [0, 0.1) is 19.3 Å². The first-order valence-electron chi connectivity index (χ1n) is 10.6. The van der Waals surface area contributed by atoms with Crippen LogP contribution < -0.4 is 5.32 Å². The first kappa shape index (κ1) is 21.1. The molecular formula is C25H29N3O3. The van der Waals surface area contributed by atoms with Gasteiger partial charge in [-0.05, 0) is 44.7 Å². The lowest BCUT2D eigenvalue weighted by molar-refractivity contribution is -0.136. The molecule has 4 rings (SSSR count). The minimum atomic E-state index is -0.496. The number of methoxy groups -OCH3 is 1. The fraction of sp³-hybridized carbons (Fsp3) is 0.400. The number of ether oxygens (including phenoxy) is 1. The van der Waals surface area contributed by atoms with Crippen molar-refractivity contribution in [3.8, 4) is 5.69 Å². The molecule has 1 aliphatic heterocycles. The number of carbonyl (C=O) groups excluding carboxylic acids is 2. The summed E-state index contributed by atoms with van der Waals surface area (Å²) in [5.41, 5.74) is 6.20. The zero-order valence-electron chi connectivity index (χ0n) is 19.0. The summed E-state index contributed by atoms with van der Waals surface area (Å²) in [5, 5.41) is 8.14. The van der Waals surface area contributed by atoms with Crippen LogP contribution in [0.5, 0.6) is 0 Å². The lowest BCUT2D eigenvalue weighted by Crippen LogP contribution is -2.38. The maximum absolute atomic E-state index is 13.4. The van der Waals surface area contributed by atoms with Crippen LogP contribution in [0.3, 0.4) is 0 Å². The van der Waals surface area contributed by atoms with Gasteiger partial charge in [0.1, 0.15) is 0 Å². The lowest BCUT2D eigenvalue weighted by Gasteiger charge is -2.39. The molecule has 0 amide bonds. The van der Waals surface area contributed by atoms with Gasteiger partial charge >= 0.3 is 5.97 Å². The summed E-state index contributed by atoms with van der Waals surface area (Å²) >= 11 is 0. The lowest BCUT2D eigenvalue weighted by atomic mass is 9.68. The highest BCUT2D eigenvalue weighted by molar-refractivity contribution is 6.04. The van der Waals surface area contributed by atoms with Crippen LogP contribution in [0.2, 0.25) is 0 Å². The van der Waals surface area contributed by atoms with E-state index in [9.17, 15) is 9.59 Å². The Balaban J connectivity index is 1.96. The van der Waals surface area contributed by atoms with E-state index in [-0.39, 0.29) is 11.2 Å². The fourth-order valence-corrected chi connectivity index (χ4v) is 5.00. The molecule has 0 radical (unpaired) electrons. The molecule has 1 aromatic heterocycles. The third-order valence-corrected chi connectivity index (χ3v) is 6.28. The predicted molar refractivity (Wildman–Crippen MR) is 119 cm³/mol. The highest BCUT2D eigenvalue weighted by atomic mass is 16.5. The zero-order chi connectivity index (χ0) is 22.5. The summed E-state index contributed by atoms with van der Waals surface area (Å²) in [6.07, 6.45) is 1.20. The Bertz CT molecular complexity index is 1140. The fourth-order valence-electron chi connectivity index (χ4n) is 5.00. The molecule has 1 unspecified atom stereocenters. The van der Waals surface area contributed by atoms with E-state index in [1.807, 2.05) is 55.8 Å². The van der Waals surface area contributed by atoms with Gasteiger partial charge in [-0.15, -0.1) is 0 Å². The molecule has 0 spiro atoms. The number of dihydropyridines is 1. The average molecular weight is 420 g/mol. The van der Waals surface area contributed by atoms with Crippen molar-refractivity contribution < 1.29 is 14.3 Å². The number of benzene rings is 1. The van der Waals surface area contributed by atoms with Crippen LogP contribution in [0.1, 0.15) is 56.5 Å². The number of Topliss-reactive ketones (excluding diaryl/α,β-unsaturated/α-hetero) is 1. The molecule has 1 N–H and O–H groups in total. The van der Waals surface area contributed by atoms with Gasteiger partial charge in [-0.2, -0.15) is 5.10 Å². The van der Waals surface area contributed by atoms with Gasteiger partial charge in [-0.25, -0.2) is 9.48 Å². The number of hydrogen-bond acceptors (Lipinski definition) is 5. The molecule has 0 saturated heterocycles. The second-order valence-electron chi connectivity index (χ2n) is 9.25. The van der Waals surface area contributed by atoms with E-state index >= 15 is 0 Å². The summed E-state index contributed by atoms with van der Waals surface area (Å²) < 4.78 is 7.02. The Morgan fingerprint density at radius 1 is 1.16 bits per heavy atom. The minimum absolute atomic E-state index is 0.0731. The smallest absolute Gasteiger partial charge is 0.336 e. The van der Waals surface area contributed by atoms with Crippen molar-refractivity contribution in [3.63, 3.8) is 0 Å². The summed E-state index contributed by atoms with van der Waals surface area (Å²) in [6.45, 7) is 10.0. The Hall–Kier alpha value is -3.15. The second-order valence-corrected chi connectivity index (χ2v) is 9.25. The molecule has 0 bridgehead atoms. The summed E-state index contributed by atoms with van der Waals surface area (Å²) in [5.74, 6) is -0.848. The zero-order valence-corrected chi connectivity index (χ0v) is 19.0. The molecule has 1 atom stereocenters. The van der Waals surface area contributed by atoms with Gasteiger partial charge in [-0.1, -0.05) is 32.0 Å². The first-order chi connectivity index (χ1) is 14.6. The van der Waals surface area contributed by atoms with E-state index in [2.05, 4.69) is 19.2 Å². The molecule has 0 fully saturated rings. The summed E-state index contributed by atoms with van der Waals surface area (Å²) in [4.78, 5) is 26.3. The van der Waals surface area contributed by atoms with Crippen molar-refractivity contribution in [1.29, 1.82) is 0 Å². The standard InChI is InChI=1S/C25H29N3O3/c1-14-21(24(30)31-6)23(22-18(26-14)12-25(4,5)13-19(22)29)20-15(2)27-28(16(20)3)17-10-8-7-9-11-17/h7-11,23,26H,12-13H2,1-6H3. The number of para-hydroxylation sites is 1. The number of nitrogens with zero attached hydrogens (tertiary/aromatic N) is 2. The molecule has 162 valence electrons. The van der Waals surface area contributed by atoms with Crippen LogP contribution in [-0.4, -0.2) is 28.6 Å². The van der Waals surface area contributed by atoms with Gasteiger partial charge in [0.15, 0.2) is 5.78 Å². The average Bonchev–Trinajstić information content (AvgIpc) is 3.00. The van der Waals surface area contributed by atoms with Crippen LogP contribution >= 0.6 is 0 Å². The van der Waals surface area contributed by atoms with Crippen molar-refractivity contribution >= 4 is 11.8 Å². The summed E-state index contributed by atoms with van der Waals surface area (Å²) in [7, 11) is 1.38. The van der Waals surface area contributed by atoms with Gasteiger partial charge in [-0.3, -0.25) is 4.79 Å². The number of aryl methyl sites for hydroxylation is 1. The van der Waals surface area contributed by atoms with Crippen molar-refractivity contribution in [2.45, 2.75) is 53.4 Å². The number of nitrogens with one attached hydrogen (secondary N) is 1. The maximum Gasteiger partial charge on any atom is 0.336 e. The predicted octanol–water partition coefficient (Wildman–Crippen LogP) is 4.27. The molecular weight excluding hydrogens is 390 g/mol. The van der Waals surface area contributed by atoms with Crippen LogP contribution in [0.4, 0.5) is 0 Å². The number of rotatable bonds is 3. The maximum atomic E-state index is 13.4. The normalized spacial score (nSPS) is 20.5. The number of aromatic nitrogens is 2. The highest BCUT2D eigenvalue weighted by Gasteiger charge is 2.44. The number of carbonyl (C=O) groups is 2.